The summed E-state index contributed by atoms with van der Waals surface area (Å²) in [7, 11) is 0. The molecular weight excluding hydrogens is 608 g/mol. The van der Waals surface area contributed by atoms with Crippen LogP contribution in [0.25, 0.3) is 6.08 Å². The molecule has 0 saturated carbocycles. The molecule has 5 heteroatoms. The van der Waals surface area contributed by atoms with E-state index >= 15 is 0 Å². The molecule has 49 heavy (non-hydrogen) atoms. The smallest absolute Gasteiger partial charge is 0.343 e. The molecule has 0 aliphatic rings. The normalized spacial score (nSPS) is 11.1. The Balaban J connectivity index is 1.29. The van der Waals surface area contributed by atoms with E-state index in [2.05, 4.69) is 13.8 Å². The Morgan fingerprint density at radius 2 is 0.857 bits per heavy atom. The third-order valence-electron chi connectivity index (χ3n) is 8.78. The fraction of sp³-hybridized carbons (Fsp3) is 0.500. The van der Waals surface area contributed by atoms with Crippen molar-refractivity contribution in [2.24, 2.45) is 0 Å². The van der Waals surface area contributed by atoms with E-state index in [4.69, 9.17) is 14.2 Å². The molecule has 0 atom stereocenters. The SMILES string of the molecule is CCCCCCCCCCCCCCOc1ccc(C(=O)Oc2ccc(C(=O)/C=C/c3ccc(OCCCCCCCC)cc3)cc2)cc1. The largest absolute Gasteiger partial charge is 0.494 e. The Morgan fingerprint density at radius 3 is 1.33 bits per heavy atom. The fourth-order valence-corrected chi connectivity index (χ4v) is 5.69. The molecule has 0 spiro atoms. The molecule has 0 radical (unpaired) electrons. The first-order chi connectivity index (χ1) is 24.1. The van der Waals surface area contributed by atoms with E-state index in [-0.39, 0.29) is 5.78 Å². The highest BCUT2D eigenvalue weighted by Crippen LogP contribution is 2.19. The summed E-state index contributed by atoms with van der Waals surface area (Å²) < 4.78 is 17.3. The van der Waals surface area contributed by atoms with Crippen LogP contribution in [-0.4, -0.2) is 25.0 Å². The minimum Gasteiger partial charge on any atom is -0.494 e. The van der Waals surface area contributed by atoms with Gasteiger partial charge in [-0.15, -0.1) is 0 Å². The van der Waals surface area contributed by atoms with Crippen molar-refractivity contribution in [2.75, 3.05) is 13.2 Å². The Kier molecular flexibility index (Phi) is 20.3. The predicted molar refractivity (Wildman–Crippen MR) is 203 cm³/mol. The zero-order chi connectivity index (χ0) is 34.8. The van der Waals surface area contributed by atoms with E-state index in [1.165, 1.54) is 103 Å². The van der Waals surface area contributed by atoms with Crippen LogP contribution in [0.2, 0.25) is 0 Å². The van der Waals surface area contributed by atoms with Crippen LogP contribution in [0.3, 0.4) is 0 Å². The zero-order valence-electron chi connectivity index (χ0n) is 30.3. The van der Waals surface area contributed by atoms with Crippen LogP contribution in [0.5, 0.6) is 17.2 Å². The molecule has 0 unspecified atom stereocenters. The molecule has 3 rings (SSSR count). The number of unbranched alkanes of at least 4 members (excludes halogenated alkanes) is 16. The second-order valence-corrected chi connectivity index (χ2v) is 13.1. The van der Waals surface area contributed by atoms with Gasteiger partial charge in [0, 0.05) is 5.56 Å². The number of allylic oxidation sites excluding steroid dienone is 1. The lowest BCUT2D eigenvalue weighted by Gasteiger charge is -2.08. The maximum atomic E-state index is 12.7. The van der Waals surface area contributed by atoms with Crippen molar-refractivity contribution in [1.29, 1.82) is 0 Å². The van der Waals surface area contributed by atoms with Gasteiger partial charge in [0.05, 0.1) is 18.8 Å². The minimum atomic E-state index is -0.453. The van der Waals surface area contributed by atoms with Crippen LogP contribution in [0.1, 0.15) is 156 Å². The van der Waals surface area contributed by atoms with E-state index in [0.29, 0.717) is 23.5 Å². The molecule has 0 aliphatic heterocycles. The van der Waals surface area contributed by atoms with E-state index in [0.717, 1.165) is 36.5 Å². The Labute approximate surface area is 296 Å². The lowest BCUT2D eigenvalue weighted by Crippen LogP contribution is -2.08. The van der Waals surface area contributed by atoms with Crippen LogP contribution >= 0.6 is 0 Å². The van der Waals surface area contributed by atoms with Gasteiger partial charge in [-0.2, -0.15) is 0 Å². The summed E-state index contributed by atoms with van der Waals surface area (Å²) in [6.07, 6.45) is 26.5. The van der Waals surface area contributed by atoms with Crippen LogP contribution in [0, 0.1) is 0 Å². The highest BCUT2D eigenvalue weighted by Gasteiger charge is 2.10. The molecular formula is C44H60O5. The average Bonchev–Trinajstić information content (AvgIpc) is 3.13. The number of ketones is 1. The summed E-state index contributed by atoms with van der Waals surface area (Å²) in [6, 6.07) is 21.4. The third-order valence-corrected chi connectivity index (χ3v) is 8.78. The number of hydrogen-bond donors (Lipinski definition) is 0. The minimum absolute atomic E-state index is 0.125. The standard InChI is InChI=1S/C44H60O5/c1-3-5-7-9-11-12-13-14-15-16-18-20-36-48-41-30-26-39(27-31-41)44(46)49-42-32-24-38(25-33-42)43(45)34-23-37-21-28-40(29-22-37)47-35-19-17-10-8-6-4-2/h21-34H,3-20,35-36H2,1-2H3/b34-23+. The summed E-state index contributed by atoms with van der Waals surface area (Å²) in [5, 5.41) is 0. The number of hydrogen-bond acceptors (Lipinski definition) is 5. The molecule has 0 saturated heterocycles. The number of benzene rings is 3. The quantitative estimate of drug-likeness (QED) is 0.0266. The van der Waals surface area contributed by atoms with Crippen molar-refractivity contribution in [3.8, 4) is 17.2 Å². The summed E-state index contributed by atoms with van der Waals surface area (Å²) in [6.45, 7) is 5.91. The van der Waals surface area contributed by atoms with Crippen LogP contribution in [0.15, 0.2) is 78.9 Å². The topological polar surface area (TPSA) is 61.8 Å². The van der Waals surface area contributed by atoms with E-state index in [9.17, 15) is 9.59 Å². The van der Waals surface area contributed by atoms with Gasteiger partial charge in [-0.25, -0.2) is 4.79 Å². The van der Waals surface area contributed by atoms with Crippen molar-refractivity contribution in [2.45, 2.75) is 129 Å². The van der Waals surface area contributed by atoms with Gasteiger partial charge < -0.3 is 14.2 Å². The van der Waals surface area contributed by atoms with Gasteiger partial charge in [-0.05, 0) is 85.1 Å². The molecule has 0 amide bonds. The maximum Gasteiger partial charge on any atom is 0.343 e. The lowest BCUT2D eigenvalue weighted by molar-refractivity contribution is 0.0734. The van der Waals surface area contributed by atoms with Gasteiger partial charge in [0.2, 0.25) is 0 Å². The molecule has 0 aliphatic carbocycles. The average molecular weight is 669 g/mol. The number of esters is 1. The van der Waals surface area contributed by atoms with Crippen molar-refractivity contribution in [3.63, 3.8) is 0 Å². The summed E-state index contributed by atoms with van der Waals surface area (Å²) in [4.78, 5) is 25.4. The first-order valence-corrected chi connectivity index (χ1v) is 19.1. The lowest BCUT2D eigenvalue weighted by atomic mass is 10.1. The van der Waals surface area contributed by atoms with Gasteiger partial charge in [-0.1, -0.05) is 135 Å². The predicted octanol–water partition coefficient (Wildman–Crippen LogP) is 12.6. The van der Waals surface area contributed by atoms with Crippen molar-refractivity contribution in [3.05, 3.63) is 95.6 Å². The Bertz CT molecular complexity index is 1330. The monoisotopic (exact) mass is 668 g/mol. The van der Waals surface area contributed by atoms with Gasteiger partial charge >= 0.3 is 5.97 Å². The number of ether oxygens (including phenoxy) is 3. The van der Waals surface area contributed by atoms with Crippen molar-refractivity contribution >= 4 is 17.8 Å². The summed E-state index contributed by atoms with van der Waals surface area (Å²) in [5.41, 5.74) is 1.89. The zero-order valence-corrected chi connectivity index (χ0v) is 30.3. The second-order valence-electron chi connectivity index (χ2n) is 13.1. The summed E-state index contributed by atoms with van der Waals surface area (Å²) in [5.74, 6) is 1.40. The first kappa shape index (κ1) is 39.6. The van der Waals surface area contributed by atoms with E-state index in [1.807, 2.05) is 36.4 Å². The molecule has 266 valence electrons. The Hall–Kier alpha value is -3.86. The number of rotatable bonds is 27. The van der Waals surface area contributed by atoms with Crippen molar-refractivity contribution in [1.82, 2.24) is 0 Å². The van der Waals surface area contributed by atoms with Crippen LogP contribution < -0.4 is 14.2 Å². The maximum absolute atomic E-state index is 12.7. The highest BCUT2D eigenvalue weighted by atomic mass is 16.5. The molecule has 3 aromatic rings. The number of carbonyl (C=O) groups excluding carboxylic acids is 2. The van der Waals surface area contributed by atoms with E-state index in [1.54, 1.807) is 48.6 Å². The molecule has 0 fully saturated rings. The molecule has 0 bridgehead atoms. The fourth-order valence-electron chi connectivity index (χ4n) is 5.69. The van der Waals surface area contributed by atoms with Crippen LogP contribution in [-0.2, 0) is 0 Å². The van der Waals surface area contributed by atoms with E-state index < -0.39 is 5.97 Å². The third kappa shape index (κ3) is 17.4. The van der Waals surface area contributed by atoms with Crippen molar-refractivity contribution < 1.29 is 23.8 Å². The van der Waals surface area contributed by atoms with Crippen LogP contribution in [0.4, 0.5) is 0 Å². The second kappa shape index (κ2) is 25.2. The van der Waals surface area contributed by atoms with Gasteiger partial charge in [0.1, 0.15) is 17.2 Å². The van der Waals surface area contributed by atoms with Gasteiger partial charge in [0.25, 0.3) is 0 Å². The molecule has 0 N–H and O–H groups in total. The number of carbonyl (C=O) groups is 2. The summed E-state index contributed by atoms with van der Waals surface area (Å²) >= 11 is 0. The van der Waals surface area contributed by atoms with Gasteiger partial charge in [0.15, 0.2) is 5.78 Å². The molecule has 0 heterocycles. The molecule has 0 aromatic heterocycles. The molecule has 5 nitrogen and oxygen atoms in total. The Morgan fingerprint density at radius 1 is 0.469 bits per heavy atom. The highest BCUT2D eigenvalue weighted by molar-refractivity contribution is 6.06. The first-order valence-electron chi connectivity index (χ1n) is 19.1. The van der Waals surface area contributed by atoms with Gasteiger partial charge in [-0.3, -0.25) is 4.79 Å². The molecule has 3 aromatic carbocycles.